The molecule has 0 aromatic carbocycles. The molecule has 69 heavy (non-hydrogen) atoms. The second kappa shape index (κ2) is 58.9. The van der Waals surface area contributed by atoms with Crippen LogP contribution in [-0.4, -0.2) is 47.4 Å². The first-order valence-corrected chi connectivity index (χ1v) is 31.1. The van der Waals surface area contributed by atoms with Gasteiger partial charge in [-0.3, -0.25) is 9.59 Å². The highest BCUT2D eigenvalue weighted by molar-refractivity contribution is 5.76. The molecule has 0 aromatic rings. The molecule has 3 N–H and O–H groups in total. The van der Waals surface area contributed by atoms with Gasteiger partial charge in [0, 0.05) is 12.8 Å². The van der Waals surface area contributed by atoms with Crippen molar-refractivity contribution in [3.8, 4) is 0 Å². The van der Waals surface area contributed by atoms with Crippen LogP contribution in [0.25, 0.3) is 0 Å². The summed E-state index contributed by atoms with van der Waals surface area (Å²) in [6.45, 7) is 4.90. The van der Waals surface area contributed by atoms with E-state index in [1.165, 1.54) is 276 Å². The van der Waals surface area contributed by atoms with Crippen molar-refractivity contribution in [1.82, 2.24) is 5.32 Å². The molecule has 0 aliphatic carbocycles. The summed E-state index contributed by atoms with van der Waals surface area (Å²) in [5, 5.41) is 23.0. The molecule has 6 heteroatoms. The minimum absolute atomic E-state index is 0.0166. The van der Waals surface area contributed by atoms with Gasteiger partial charge >= 0.3 is 5.97 Å². The van der Waals surface area contributed by atoms with Gasteiger partial charge in [0.2, 0.25) is 5.91 Å². The number of aliphatic hydroxyl groups is 2. The number of allylic oxidation sites excluding steroid dienone is 3. The van der Waals surface area contributed by atoms with Gasteiger partial charge in [-0.2, -0.15) is 0 Å². The van der Waals surface area contributed by atoms with Crippen molar-refractivity contribution < 1.29 is 24.5 Å². The average Bonchev–Trinajstić information content (AvgIpc) is 3.35. The molecule has 0 aromatic heterocycles. The van der Waals surface area contributed by atoms with Crippen LogP contribution in [0.15, 0.2) is 24.3 Å². The molecule has 0 rings (SSSR count). The second-order valence-corrected chi connectivity index (χ2v) is 21.4. The Morgan fingerprint density at radius 1 is 0.391 bits per heavy atom. The van der Waals surface area contributed by atoms with Gasteiger partial charge in [-0.1, -0.05) is 295 Å². The lowest BCUT2D eigenvalue weighted by Gasteiger charge is -2.20. The number of unbranched alkanes of at least 4 members (excludes halogenated alkanes) is 45. The van der Waals surface area contributed by atoms with Gasteiger partial charge in [-0.15, -0.1) is 0 Å². The molecule has 2 atom stereocenters. The third kappa shape index (κ3) is 55.5. The molecule has 1 amide bonds. The molecular weight excluding hydrogens is 851 g/mol. The van der Waals surface area contributed by atoms with E-state index in [1.54, 1.807) is 6.08 Å². The van der Waals surface area contributed by atoms with Crippen molar-refractivity contribution in [2.75, 3.05) is 13.2 Å². The minimum Gasteiger partial charge on any atom is -0.466 e. The lowest BCUT2D eigenvalue weighted by Crippen LogP contribution is -2.45. The summed E-state index contributed by atoms with van der Waals surface area (Å²) in [4.78, 5) is 24.4. The fourth-order valence-corrected chi connectivity index (χ4v) is 9.69. The number of ether oxygens (including phenoxy) is 1. The van der Waals surface area contributed by atoms with E-state index in [0.29, 0.717) is 19.4 Å². The summed E-state index contributed by atoms with van der Waals surface area (Å²) < 4.78 is 5.47. The first-order chi connectivity index (χ1) is 34.0. The molecule has 0 aliphatic heterocycles. The molecule has 0 fully saturated rings. The molecule has 408 valence electrons. The first kappa shape index (κ1) is 67.3. The van der Waals surface area contributed by atoms with Crippen molar-refractivity contribution in [2.45, 2.75) is 353 Å². The SMILES string of the molecule is CCCCCCCCCCC/C=C/C(O)C(CO)NC(=O)CCCCCCCCCCCCCCCC/C=C\CCCCCCCCCCCCCCOC(=O)CCCCCCCCCCCCC. The largest absolute Gasteiger partial charge is 0.466 e. The van der Waals surface area contributed by atoms with Crippen LogP contribution in [0.2, 0.25) is 0 Å². The Morgan fingerprint density at radius 2 is 0.681 bits per heavy atom. The molecule has 0 saturated carbocycles. The zero-order valence-corrected chi connectivity index (χ0v) is 46.6. The standard InChI is InChI=1S/C63H121NO5/c1-3-5-7-9-11-13-35-39-43-47-51-55-61(66)60(59-65)64-62(67)56-52-48-44-40-37-33-31-29-27-25-23-21-19-17-15-16-18-20-22-24-26-28-30-32-34-38-42-46-50-54-58-69-63(68)57-53-49-45-41-36-14-12-10-8-6-4-2/h16,18,51,55,60-61,65-66H,3-15,17,19-50,52-54,56-59H2,1-2H3,(H,64,67)/b18-16-,55-51+. The van der Waals surface area contributed by atoms with E-state index in [1.807, 2.05) is 6.08 Å². The summed E-state index contributed by atoms with van der Waals surface area (Å²) in [7, 11) is 0. The average molecular weight is 973 g/mol. The molecule has 0 aliphatic rings. The zero-order valence-electron chi connectivity index (χ0n) is 46.6. The maximum Gasteiger partial charge on any atom is 0.305 e. The Bertz CT molecular complexity index is 1080. The minimum atomic E-state index is -0.841. The number of nitrogens with one attached hydrogen (secondary N) is 1. The van der Waals surface area contributed by atoms with Gasteiger partial charge in [0.05, 0.1) is 25.4 Å². The fourth-order valence-electron chi connectivity index (χ4n) is 9.69. The van der Waals surface area contributed by atoms with E-state index in [9.17, 15) is 19.8 Å². The number of hydrogen-bond donors (Lipinski definition) is 3. The molecule has 0 bridgehead atoms. The molecule has 2 unspecified atom stereocenters. The number of aliphatic hydroxyl groups excluding tert-OH is 2. The number of hydrogen-bond acceptors (Lipinski definition) is 5. The molecule has 6 nitrogen and oxygen atoms in total. The molecular formula is C63H121NO5. The summed E-state index contributed by atoms with van der Waals surface area (Å²) >= 11 is 0. The lowest BCUT2D eigenvalue weighted by molar-refractivity contribution is -0.143. The van der Waals surface area contributed by atoms with Crippen LogP contribution in [0.5, 0.6) is 0 Å². The van der Waals surface area contributed by atoms with Gasteiger partial charge in [0.15, 0.2) is 0 Å². The predicted molar refractivity (Wildman–Crippen MR) is 301 cm³/mol. The van der Waals surface area contributed by atoms with Crippen LogP contribution in [0.4, 0.5) is 0 Å². The Hall–Kier alpha value is -1.66. The van der Waals surface area contributed by atoms with E-state index in [4.69, 9.17) is 4.74 Å². The lowest BCUT2D eigenvalue weighted by atomic mass is 10.0. The van der Waals surface area contributed by atoms with Crippen molar-refractivity contribution >= 4 is 11.9 Å². The zero-order chi connectivity index (χ0) is 50.0. The monoisotopic (exact) mass is 972 g/mol. The maximum absolute atomic E-state index is 12.4. The highest BCUT2D eigenvalue weighted by Crippen LogP contribution is 2.17. The topological polar surface area (TPSA) is 95.9 Å². The Morgan fingerprint density at radius 3 is 1.03 bits per heavy atom. The summed E-state index contributed by atoms with van der Waals surface area (Å²) in [6, 6.07) is -0.625. The van der Waals surface area contributed by atoms with Gasteiger partial charge in [0.25, 0.3) is 0 Å². The number of rotatable bonds is 58. The van der Waals surface area contributed by atoms with E-state index >= 15 is 0 Å². The van der Waals surface area contributed by atoms with Gasteiger partial charge in [0.1, 0.15) is 0 Å². The van der Waals surface area contributed by atoms with E-state index in [-0.39, 0.29) is 18.5 Å². The van der Waals surface area contributed by atoms with Gasteiger partial charge in [-0.25, -0.2) is 0 Å². The molecule has 0 saturated heterocycles. The molecule has 0 spiro atoms. The van der Waals surface area contributed by atoms with Gasteiger partial charge < -0.3 is 20.3 Å². The Balaban J connectivity index is 3.36. The quantitative estimate of drug-likeness (QED) is 0.0321. The summed E-state index contributed by atoms with van der Waals surface area (Å²) in [6.07, 6.45) is 72.4. The third-order valence-electron chi connectivity index (χ3n) is 14.5. The highest BCUT2D eigenvalue weighted by atomic mass is 16.5. The Kier molecular flexibility index (Phi) is 57.5. The predicted octanol–water partition coefficient (Wildman–Crippen LogP) is 19.4. The number of amides is 1. The first-order valence-electron chi connectivity index (χ1n) is 31.1. The van der Waals surface area contributed by atoms with Crippen LogP contribution in [0.1, 0.15) is 341 Å². The van der Waals surface area contributed by atoms with Crippen molar-refractivity contribution in [1.29, 1.82) is 0 Å². The molecule has 0 radical (unpaired) electrons. The van der Waals surface area contributed by atoms with Crippen molar-refractivity contribution in [3.05, 3.63) is 24.3 Å². The van der Waals surface area contributed by atoms with Crippen LogP contribution in [0.3, 0.4) is 0 Å². The van der Waals surface area contributed by atoms with Crippen LogP contribution < -0.4 is 5.32 Å². The summed E-state index contributed by atoms with van der Waals surface area (Å²) in [5.74, 6) is -0.0501. The normalized spacial score (nSPS) is 12.7. The van der Waals surface area contributed by atoms with E-state index in [2.05, 4.69) is 31.3 Å². The Labute approximate surface area is 431 Å². The van der Waals surface area contributed by atoms with Crippen LogP contribution in [0, 0.1) is 0 Å². The second-order valence-electron chi connectivity index (χ2n) is 21.4. The van der Waals surface area contributed by atoms with Crippen LogP contribution >= 0.6 is 0 Å². The third-order valence-corrected chi connectivity index (χ3v) is 14.5. The maximum atomic E-state index is 12.4. The van der Waals surface area contributed by atoms with E-state index in [0.717, 1.165) is 38.5 Å². The summed E-state index contributed by atoms with van der Waals surface area (Å²) in [5.41, 5.74) is 0. The van der Waals surface area contributed by atoms with Crippen molar-refractivity contribution in [3.63, 3.8) is 0 Å². The number of esters is 1. The number of carbonyl (C=O) groups is 2. The number of carbonyl (C=O) groups excluding carboxylic acids is 2. The molecule has 0 heterocycles. The van der Waals surface area contributed by atoms with Crippen molar-refractivity contribution in [2.24, 2.45) is 0 Å². The van der Waals surface area contributed by atoms with Crippen LogP contribution in [-0.2, 0) is 14.3 Å². The fraction of sp³-hybridized carbons (Fsp3) is 0.905. The smallest absolute Gasteiger partial charge is 0.305 e. The van der Waals surface area contributed by atoms with Gasteiger partial charge in [-0.05, 0) is 57.8 Å². The highest BCUT2D eigenvalue weighted by Gasteiger charge is 2.18. The van der Waals surface area contributed by atoms with E-state index < -0.39 is 12.1 Å².